The zero-order valence-electron chi connectivity index (χ0n) is 21.5. The minimum Gasteiger partial charge on any atom is -0.464 e. The lowest BCUT2D eigenvalue weighted by Crippen LogP contribution is -1.91. The van der Waals surface area contributed by atoms with Gasteiger partial charge in [0.15, 0.2) is 0 Å². The minimum atomic E-state index is 0.970. The van der Waals surface area contributed by atoms with Crippen molar-refractivity contribution in [3.05, 3.63) is 134 Å². The Labute approximate surface area is 234 Å². The van der Waals surface area contributed by atoms with Crippen LogP contribution in [0.15, 0.2) is 138 Å². The maximum atomic E-state index is 6.08. The van der Waals surface area contributed by atoms with Gasteiger partial charge in [-0.25, -0.2) is 0 Å². The summed E-state index contributed by atoms with van der Waals surface area (Å²) in [6.07, 6.45) is 1.80. The van der Waals surface area contributed by atoms with Crippen LogP contribution in [-0.2, 0) is 0 Å². The third-order valence-electron chi connectivity index (χ3n) is 8.32. The van der Waals surface area contributed by atoms with Crippen LogP contribution in [-0.4, -0.2) is 0 Å². The van der Waals surface area contributed by atoms with E-state index in [9.17, 15) is 0 Å². The van der Waals surface area contributed by atoms with Crippen molar-refractivity contribution in [3.63, 3.8) is 0 Å². The van der Waals surface area contributed by atoms with E-state index in [1.165, 1.54) is 74.7 Å². The van der Waals surface area contributed by atoms with Crippen molar-refractivity contribution in [1.29, 1.82) is 0 Å². The van der Waals surface area contributed by atoms with Crippen molar-refractivity contribution in [2.75, 3.05) is 0 Å². The van der Waals surface area contributed by atoms with Gasteiger partial charge in [-0.15, -0.1) is 11.3 Å². The molecule has 2 heteroatoms. The molecule has 9 aromatic rings. The third kappa shape index (κ3) is 3.03. The Hall–Kier alpha value is -4.92. The lowest BCUT2D eigenvalue weighted by molar-refractivity contribution is 0.619. The normalized spacial score (nSPS) is 12.0. The highest BCUT2D eigenvalue weighted by atomic mass is 32.1. The molecule has 2 heterocycles. The molecule has 0 fully saturated rings. The van der Waals surface area contributed by atoms with E-state index in [4.69, 9.17) is 4.42 Å². The predicted molar refractivity (Wildman–Crippen MR) is 172 cm³/mol. The summed E-state index contributed by atoms with van der Waals surface area (Å²) in [5.74, 6) is 0. The first kappa shape index (κ1) is 22.0. The molecule has 40 heavy (non-hydrogen) atoms. The molecule has 9 rings (SSSR count). The number of hydrogen-bond donors (Lipinski definition) is 0. The first-order valence-electron chi connectivity index (χ1n) is 13.6. The molecule has 7 aromatic carbocycles. The number of benzene rings is 7. The molecular formula is C38H22OS. The molecule has 0 radical (unpaired) electrons. The topological polar surface area (TPSA) is 13.1 Å². The molecule has 0 aliphatic rings. The van der Waals surface area contributed by atoms with Crippen molar-refractivity contribution in [2.24, 2.45) is 0 Å². The molecule has 186 valence electrons. The van der Waals surface area contributed by atoms with Gasteiger partial charge in [0.2, 0.25) is 0 Å². The first-order valence-corrected chi connectivity index (χ1v) is 14.4. The van der Waals surface area contributed by atoms with Gasteiger partial charge in [0.05, 0.1) is 6.26 Å². The number of furan rings is 1. The Kier molecular flexibility index (Phi) is 4.55. The summed E-state index contributed by atoms with van der Waals surface area (Å²) < 4.78 is 8.62. The fourth-order valence-electron chi connectivity index (χ4n) is 6.61. The molecule has 0 atom stereocenters. The minimum absolute atomic E-state index is 0.970. The molecule has 0 saturated carbocycles. The first-order chi connectivity index (χ1) is 19.8. The molecule has 1 nitrogen and oxygen atoms in total. The Balaban J connectivity index is 1.46. The highest BCUT2D eigenvalue weighted by molar-refractivity contribution is 7.26. The largest absolute Gasteiger partial charge is 0.464 e. The Morgan fingerprint density at radius 1 is 0.450 bits per heavy atom. The van der Waals surface area contributed by atoms with Gasteiger partial charge in [-0.1, -0.05) is 97.1 Å². The van der Waals surface area contributed by atoms with Gasteiger partial charge in [-0.3, -0.25) is 0 Å². The van der Waals surface area contributed by atoms with Gasteiger partial charge in [0.1, 0.15) is 5.58 Å². The lowest BCUT2D eigenvalue weighted by atomic mass is 9.84. The summed E-state index contributed by atoms with van der Waals surface area (Å²) in [6.45, 7) is 0. The monoisotopic (exact) mass is 526 g/mol. The molecule has 2 aromatic heterocycles. The van der Waals surface area contributed by atoms with Crippen LogP contribution in [0.4, 0.5) is 0 Å². The molecule has 0 aliphatic heterocycles. The molecule has 0 unspecified atom stereocenters. The second-order valence-electron chi connectivity index (χ2n) is 10.5. The molecule has 0 aliphatic carbocycles. The average molecular weight is 527 g/mol. The van der Waals surface area contributed by atoms with Crippen LogP contribution in [0.5, 0.6) is 0 Å². The van der Waals surface area contributed by atoms with Gasteiger partial charge in [0.25, 0.3) is 0 Å². The highest BCUT2D eigenvalue weighted by Gasteiger charge is 2.21. The van der Waals surface area contributed by atoms with Gasteiger partial charge < -0.3 is 4.42 Å². The van der Waals surface area contributed by atoms with Gasteiger partial charge in [-0.2, -0.15) is 0 Å². The van der Waals surface area contributed by atoms with Crippen LogP contribution in [0.2, 0.25) is 0 Å². The number of thiophene rings is 1. The van der Waals surface area contributed by atoms with Crippen LogP contribution in [0.3, 0.4) is 0 Å². The van der Waals surface area contributed by atoms with Crippen molar-refractivity contribution in [3.8, 4) is 22.3 Å². The van der Waals surface area contributed by atoms with E-state index in [0.29, 0.717) is 0 Å². The second kappa shape index (κ2) is 8.29. The van der Waals surface area contributed by atoms with Crippen LogP contribution < -0.4 is 0 Å². The summed E-state index contributed by atoms with van der Waals surface area (Å²) in [6, 6.07) is 46.5. The molecule has 0 spiro atoms. The number of fused-ring (bicyclic) bond motifs is 8. The van der Waals surface area contributed by atoms with Crippen molar-refractivity contribution in [2.45, 2.75) is 0 Å². The van der Waals surface area contributed by atoms with Crippen LogP contribution in [0, 0.1) is 0 Å². The quantitative estimate of drug-likeness (QED) is 0.204. The van der Waals surface area contributed by atoms with E-state index in [1.54, 1.807) is 6.26 Å². The molecular weight excluding hydrogens is 504 g/mol. The van der Waals surface area contributed by atoms with Crippen molar-refractivity contribution >= 4 is 74.8 Å². The highest BCUT2D eigenvalue weighted by Crippen LogP contribution is 2.49. The smallest absolute Gasteiger partial charge is 0.143 e. The number of rotatable bonds is 2. The fourth-order valence-corrected chi connectivity index (χ4v) is 7.74. The number of hydrogen-bond acceptors (Lipinski definition) is 2. The van der Waals surface area contributed by atoms with Gasteiger partial charge in [-0.05, 0) is 84.9 Å². The second-order valence-corrected chi connectivity index (χ2v) is 11.5. The van der Waals surface area contributed by atoms with Crippen molar-refractivity contribution in [1.82, 2.24) is 0 Å². The summed E-state index contributed by atoms with van der Waals surface area (Å²) in [5, 5.41) is 11.2. The molecule has 0 N–H and O–H groups in total. The molecule has 0 amide bonds. The SMILES string of the molecule is c1ccc2cc(-c3c4ccccc4c(-c4cccc5sc6ccc7ccoc7c6c45)c4ccccc34)ccc2c1. The van der Waals surface area contributed by atoms with E-state index in [-0.39, 0.29) is 0 Å². The van der Waals surface area contributed by atoms with E-state index in [1.807, 2.05) is 11.3 Å². The molecule has 0 bridgehead atoms. The lowest BCUT2D eigenvalue weighted by Gasteiger charge is -2.18. The van der Waals surface area contributed by atoms with E-state index >= 15 is 0 Å². The Bertz CT molecular complexity index is 2380. The van der Waals surface area contributed by atoms with Crippen molar-refractivity contribution < 1.29 is 4.42 Å². The summed E-state index contributed by atoms with van der Waals surface area (Å²) in [7, 11) is 0. The Morgan fingerprint density at radius 2 is 1.10 bits per heavy atom. The fraction of sp³-hybridized carbons (Fsp3) is 0. The van der Waals surface area contributed by atoms with E-state index in [2.05, 4.69) is 127 Å². The zero-order chi connectivity index (χ0) is 26.2. The average Bonchev–Trinajstić information content (AvgIpc) is 3.64. The van der Waals surface area contributed by atoms with Gasteiger partial charge in [0, 0.05) is 25.6 Å². The van der Waals surface area contributed by atoms with Crippen LogP contribution in [0.25, 0.3) is 85.7 Å². The summed E-state index contributed by atoms with van der Waals surface area (Å²) in [5.41, 5.74) is 6.04. The maximum Gasteiger partial charge on any atom is 0.143 e. The predicted octanol–water partition coefficient (Wildman–Crippen LogP) is 11.6. The zero-order valence-corrected chi connectivity index (χ0v) is 22.3. The Morgan fingerprint density at radius 3 is 1.88 bits per heavy atom. The maximum absolute atomic E-state index is 6.08. The summed E-state index contributed by atoms with van der Waals surface area (Å²) in [4.78, 5) is 0. The summed E-state index contributed by atoms with van der Waals surface area (Å²) >= 11 is 1.84. The standard InChI is InChI=1S/C38H22OS/c1-2-9-25-22-26(17-16-23(25)8-1)34-27-10-3-5-12-29(27)35(30-13-6-4-11-28(30)34)31-14-7-15-32-36(31)37-33(40-32)19-18-24-20-21-39-38(24)37/h1-22H. The van der Waals surface area contributed by atoms with Gasteiger partial charge >= 0.3 is 0 Å². The molecule has 0 saturated heterocycles. The van der Waals surface area contributed by atoms with E-state index < -0.39 is 0 Å². The van der Waals surface area contributed by atoms with Crippen LogP contribution >= 0.6 is 11.3 Å². The van der Waals surface area contributed by atoms with E-state index in [0.717, 1.165) is 11.0 Å². The third-order valence-corrected chi connectivity index (χ3v) is 9.44. The van der Waals surface area contributed by atoms with Crippen LogP contribution in [0.1, 0.15) is 0 Å².